The van der Waals surface area contributed by atoms with E-state index in [9.17, 15) is 8.42 Å². The Bertz CT molecular complexity index is 1210. The second kappa shape index (κ2) is 10.8. The van der Waals surface area contributed by atoms with E-state index in [4.69, 9.17) is 9.47 Å². The molecule has 0 amide bonds. The molecule has 0 radical (unpaired) electrons. The van der Waals surface area contributed by atoms with E-state index in [-0.39, 0.29) is 4.90 Å². The van der Waals surface area contributed by atoms with Gasteiger partial charge in [-0.25, -0.2) is 4.83 Å². The lowest BCUT2D eigenvalue weighted by Crippen LogP contribution is -2.18. The van der Waals surface area contributed by atoms with E-state index in [1.54, 1.807) is 30.3 Å². The number of hydrogen-bond acceptors (Lipinski definition) is 5. The highest BCUT2D eigenvalue weighted by Crippen LogP contribution is 2.34. The summed E-state index contributed by atoms with van der Waals surface area (Å²) in [6.07, 6.45) is 1.45. The maximum atomic E-state index is 12.4. The van der Waals surface area contributed by atoms with Crippen molar-refractivity contribution in [1.82, 2.24) is 4.83 Å². The predicted octanol–water partition coefficient (Wildman–Crippen LogP) is 5.20. The zero-order chi connectivity index (χ0) is 23.1. The van der Waals surface area contributed by atoms with Crippen molar-refractivity contribution in [2.75, 3.05) is 6.61 Å². The topological polar surface area (TPSA) is 77.0 Å². The van der Waals surface area contributed by atoms with E-state index in [1.807, 2.05) is 51.1 Å². The lowest BCUT2D eigenvalue weighted by Gasteiger charge is -2.15. The zero-order valence-corrected chi connectivity index (χ0v) is 21.1. The van der Waals surface area contributed by atoms with Gasteiger partial charge in [0.2, 0.25) is 0 Å². The molecular weight excluding hydrogens is 539 g/mol. The van der Waals surface area contributed by atoms with Gasteiger partial charge in [0, 0.05) is 0 Å². The van der Waals surface area contributed by atoms with Crippen molar-refractivity contribution in [3.63, 3.8) is 0 Å². The van der Waals surface area contributed by atoms with E-state index in [1.165, 1.54) is 6.21 Å². The van der Waals surface area contributed by atoms with Crippen molar-refractivity contribution in [3.8, 4) is 11.5 Å². The van der Waals surface area contributed by atoms with Crippen LogP contribution in [0.25, 0.3) is 0 Å². The van der Waals surface area contributed by atoms with Crippen LogP contribution < -0.4 is 14.3 Å². The predicted molar refractivity (Wildman–Crippen MR) is 135 cm³/mol. The van der Waals surface area contributed by atoms with Gasteiger partial charge in [-0.15, -0.1) is 0 Å². The van der Waals surface area contributed by atoms with Crippen LogP contribution in [0.2, 0.25) is 0 Å². The van der Waals surface area contributed by atoms with Gasteiger partial charge in [-0.1, -0.05) is 42.0 Å². The smallest absolute Gasteiger partial charge is 0.276 e. The van der Waals surface area contributed by atoms with Gasteiger partial charge in [0.15, 0.2) is 11.5 Å². The van der Waals surface area contributed by atoms with Crippen molar-refractivity contribution < 1.29 is 17.9 Å². The third-order valence-corrected chi connectivity index (χ3v) is 6.72. The third-order valence-electron chi connectivity index (χ3n) is 4.68. The van der Waals surface area contributed by atoms with Crippen molar-refractivity contribution in [3.05, 3.63) is 86.5 Å². The Morgan fingerprint density at radius 2 is 1.75 bits per heavy atom. The highest BCUT2D eigenvalue weighted by Gasteiger charge is 2.14. The van der Waals surface area contributed by atoms with Gasteiger partial charge >= 0.3 is 0 Å². The summed E-state index contributed by atoms with van der Waals surface area (Å²) >= 11 is 2.18. The van der Waals surface area contributed by atoms with Crippen LogP contribution in [-0.4, -0.2) is 21.2 Å². The van der Waals surface area contributed by atoms with Gasteiger partial charge < -0.3 is 9.47 Å². The number of aryl methyl sites for hydroxylation is 2. The first-order valence-electron chi connectivity index (χ1n) is 10.1. The second-order valence-corrected chi connectivity index (χ2v) is 9.97. The molecule has 1 N–H and O–H groups in total. The largest absolute Gasteiger partial charge is 0.490 e. The standard InChI is InChI=1S/C24H25IN2O4S/c1-4-30-23-14-19(15-26-27-32(28,29)21-11-9-17(2)10-12-21)13-22(25)24(23)31-16-20-8-6-5-7-18(20)3/h5-15,27H,4,16H2,1-3H3/b26-15-. The Morgan fingerprint density at radius 3 is 2.44 bits per heavy atom. The van der Waals surface area contributed by atoms with E-state index < -0.39 is 10.0 Å². The fourth-order valence-electron chi connectivity index (χ4n) is 2.93. The number of nitrogens with zero attached hydrogens (tertiary/aromatic N) is 1. The number of nitrogens with one attached hydrogen (secondary N) is 1. The molecule has 0 unspecified atom stereocenters. The molecule has 0 heterocycles. The van der Waals surface area contributed by atoms with Crippen LogP contribution in [0.5, 0.6) is 11.5 Å². The summed E-state index contributed by atoms with van der Waals surface area (Å²) in [7, 11) is -3.73. The molecule has 32 heavy (non-hydrogen) atoms. The molecule has 0 atom stereocenters. The first-order chi connectivity index (χ1) is 15.3. The third kappa shape index (κ3) is 6.23. The van der Waals surface area contributed by atoms with Crippen molar-refractivity contribution >= 4 is 38.8 Å². The molecule has 0 saturated carbocycles. The Labute approximate surface area is 202 Å². The van der Waals surface area contributed by atoms with E-state index in [2.05, 4.69) is 32.5 Å². The summed E-state index contributed by atoms with van der Waals surface area (Å²) in [5.41, 5.74) is 3.93. The summed E-state index contributed by atoms with van der Waals surface area (Å²) in [6, 6.07) is 18.3. The molecule has 0 aromatic heterocycles. The molecule has 6 nitrogen and oxygen atoms in total. The average molecular weight is 564 g/mol. The van der Waals surface area contributed by atoms with Crippen LogP contribution in [0.15, 0.2) is 70.7 Å². The fourth-order valence-corrected chi connectivity index (χ4v) is 4.50. The number of benzene rings is 3. The lowest BCUT2D eigenvalue weighted by atomic mass is 10.1. The highest BCUT2D eigenvalue weighted by molar-refractivity contribution is 14.1. The molecule has 0 bridgehead atoms. The van der Waals surface area contributed by atoms with Gasteiger partial charge in [-0.2, -0.15) is 13.5 Å². The molecule has 3 aromatic carbocycles. The second-order valence-electron chi connectivity index (χ2n) is 7.14. The number of hydrazone groups is 1. The molecule has 0 aliphatic carbocycles. The minimum atomic E-state index is -3.73. The minimum Gasteiger partial charge on any atom is -0.490 e. The van der Waals surface area contributed by atoms with Crippen LogP contribution in [0, 0.1) is 17.4 Å². The normalized spacial score (nSPS) is 11.5. The molecule has 168 valence electrons. The summed E-state index contributed by atoms with van der Waals surface area (Å²) in [5.74, 6) is 1.23. The Morgan fingerprint density at radius 1 is 1.03 bits per heavy atom. The maximum Gasteiger partial charge on any atom is 0.276 e. The van der Waals surface area contributed by atoms with Gasteiger partial charge in [0.25, 0.3) is 10.0 Å². The first kappa shape index (κ1) is 24.1. The molecule has 0 fully saturated rings. The molecule has 3 aromatic rings. The zero-order valence-electron chi connectivity index (χ0n) is 18.1. The first-order valence-corrected chi connectivity index (χ1v) is 12.6. The number of ether oxygens (including phenoxy) is 2. The number of rotatable bonds is 9. The molecule has 0 aliphatic rings. The number of sulfonamides is 1. The van der Waals surface area contributed by atoms with Crippen LogP contribution in [-0.2, 0) is 16.6 Å². The van der Waals surface area contributed by atoms with E-state index in [0.29, 0.717) is 30.3 Å². The number of halogens is 1. The summed E-state index contributed by atoms with van der Waals surface area (Å²) in [6.45, 7) is 6.73. The van der Waals surface area contributed by atoms with Crippen molar-refractivity contribution in [2.45, 2.75) is 32.3 Å². The Balaban J connectivity index is 1.77. The van der Waals surface area contributed by atoms with Crippen LogP contribution >= 0.6 is 22.6 Å². The van der Waals surface area contributed by atoms with Gasteiger partial charge in [0.1, 0.15) is 6.61 Å². The molecule has 3 rings (SSSR count). The molecule has 0 aliphatic heterocycles. The monoisotopic (exact) mass is 564 g/mol. The van der Waals surface area contributed by atoms with Gasteiger partial charge in [0.05, 0.1) is 21.3 Å². The average Bonchev–Trinajstić information content (AvgIpc) is 2.75. The highest BCUT2D eigenvalue weighted by atomic mass is 127. The maximum absolute atomic E-state index is 12.4. The summed E-state index contributed by atoms with van der Waals surface area (Å²) in [4.78, 5) is 2.41. The Hall–Kier alpha value is -2.59. The van der Waals surface area contributed by atoms with E-state index in [0.717, 1.165) is 20.3 Å². The fraction of sp³-hybridized carbons (Fsp3) is 0.208. The van der Waals surface area contributed by atoms with Gasteiger partial charge in [-0.05, 0) is 84.3 Å². The Kier molecular flexibility index (Phi) is 8.14. The minimum absolute atomic E-state index is 0.157. The summed E-state index contributed by atoms with van der Waals surface area (Å²) in [5, 5.41) is 3.93. The molecular formula is C24H25IN2O4S. The van der Waals surface area contributed by atoms with Crippen LogP contribution in [0.4, 0.5) is 0 Å². The van der Waals surface area contributed by atoms with Crippen LogP contribution in [0.1, 0.15) is 29.2 Å². The van der Waals surface area contributed by atoms with E-state index >= 15 is 0 Å². The SMILES string of the molecule is CCOc1cc(/C=N\NS(=O)(=O)c2ccc(C)cc2)cc(I)c1OCc1ccccc1C. The summed E-state index contributed by atoms with van der Waals surface area (Å²) < 4.78 is 37.5. The van der Waals surface area contributed by atoms with Crippen molar-refractivity contribution in [1.29, 1.82) is 0 Å². The number of hydrogen-bond donors (Lipinski definition) is 1. The lowest BCUT2D eigenvalue weighted by molar-refractivity contribution is 0.267. The molecule has 0 spiro atoms. The van der Waals surface area contributed by atoms with Crippen molar-refractivity contribution in [2.24, 2.45) is 5.10 Å². The molecule has 8 heteroatoms. The quantitative estimate of drug-likeness (QED) is 0.220. The van der Waals surface area contributed by atoms with Gasteiger partial charge in [-0.3, -0.25) is 0 Å². The van der Waals surface area contributed by atoms with Crippen LogP contribution in [0.3, 0.4) is 0 Å². The molecule has 0 saturated heterocycles.